The monoisotopic (exact) mass is 308 g/mol. The lowest BCUT2D eigenvalue weighted by molar-refractivity contribution is -0.0829. The van der Waals surface area contributed by atoms with Gasteiger partial charge in [0, 0.05) is 26.4 Å². The molecule has 0 unspecified atom stereocenters. The summed E-state index contributed by atoms with van der Waals surface area (Å²) in [7, 11) is -0.537. The molecular formula is C13H32O4Si2. The van der Waals surface area contributed by atoms with Crippen molar-refractivity contribution in [2.45, 2.75) is 58.0 Å². The Kier molecular flexibility index (Phi) is 14.9. The van der Waals surface area contributed by atoms with Gasteiger partial charge in [-0.1, -0.05) is 18.5 Å². The first-order valence-electron chi connectivity index (χ1n) is 7.74. The molecule has 0 spiro atoms. The molecule has 0 amide bonds. The SMILES string of the molecule is CCOC(OCC)[SiH2]CCC[SiH2]C(OCC)OCC. The highest BCUT2D eigenvalue weighted by molar-refractivity contribution is 6.38. The Morgan fingerprint density at radius 1 is 0.632 bits per heavy atom. The summed E-state index contributed by atoms with van der Waals surface area (Å²) in [4.78, 5) is 0. The molecule has 19 heavy (non-hydrogen) atoms. The second kappa shape index (κ2) is 14.7. The average molecular weight is 309 g/mol. The van der Waals surface area contributed by atoms with Gasteiger partial charge in [0.15, 0.2) is 0 Å². The Morgan fingerprint density at radius 3 is 1.21 bits per heavy atom. The summed E-state index contributed by atoms with van der Waals surface area (Å²) >= 11 is 0. The quantitative estimate of drug-likeness (QED) is 0.275. The number of hydrogen-bond acceptors (Lipinski definition) is 4. The highest BCUT2D eigenvalue weighted by atomic mass is 28.2. The third-order valence-corrected chi connectivity index (χ3v) is 6.49. The summed E-state index contributed by atoms with van der Waals surface area (Å²) in [6.07, 6.45) is 1.28. The van der Waals surface area contributed by atoms with E-state index in [1.165, 1.54) is 18.5 Å². The van der Waals surface area contributed by atoms with Crippen molar-refractivity contribution in [3.05, 3.63) is 0 Å². The van der Waals surface area contributed by atoms with Gasteiger partial charge in [0.2, 0.25) is 0 Å². The van der Waals surface area contributed by atoms with Crippen LogP contribution in [0.4, 0.5) is 0 Å². The second-order valence-corrected chi connectivity index (χ2v) is 8.22. The van der Waals surface area contributed by atoms with Crippen LogP contribution in [-0.4, -0.2) is 57.3 Å². The van der Waals surface area contributed by atoms with Gasteiger partial charge < -0.3 is 18.9 Å². The minimum absolute atomic E-state index is 0.117. The maximum Gasteiger partial charge on any atom is 0.134 e. The van der Waals surface area contributed by atoms with Gasteiger partial charge in [-0.05, 0) is 27.7 Å². The van der Waals surface area contributed by atoms with Crippen LogP contribution in [0.15, 0.2) is 0 Å². The molecule has 0 saturated carbocycles. The smallest absolute Gasteiger partial charge is 0.134 e. The van der Waals surface area contributed by atoms with Gasteiger partial charge in [0.05, 0.1) is 19.0 Å². The molecular weight excluding hydrogens is 276 g/mol. The van der Waals surface area contributed by atoms with E-state index in [0.717, 1.165) is 26.4 Å². The molecule has 0 aromatic heterocycles. The number of hydrogen-bond donors (Lipinski definition) is 0. The Bertz CT molecular complexity index is 154. The molecule has 0 N–H and O–H groups in total. The Hall–Kier alpha value is 0.274. The summed E-state index contributed by atoms with van der Waals surface area (Å²) in [5.74, 6) is 0.234. The predicted molar refractivity (Wildman–Crippen MR) is 85.4 cm³/mol. The van der Waals surface area contributed by atoms with Crippen molar-refractivity contribution < 1.29 is 18.9 Å². The van der Waals surface area contributed by atoms with Crippen molar-refractivity contribution in [2.24, 2.45) is 0 Å². The molecule has 6 heteroatoms. The van der Waals surface area contributed by atoms with Gasteiger partial charge in [0.25, 0.3) is 0 Å². The Labute approximate surface area is 123 Å². The fourth-order valence-corrected chi connectivity index (χ4v) is 6.24. The molecule has 116 valence electrons. The maximum atomic E-state index is 5.59. The van der Waals surface area contributed by atoms with Gasteiger partial charge in [-0.25, -0.2) is 0 Å². The number of rotatable bonds is 14. The minimum atomic E-state index is -0.268. The molecule has 0 aliphatic heterocycles. The highest BCUT2D eigenvalue weighted by Crippen LogP contribution is 2.04. The normalized spacial score (nSPS) is 12.9. The minimum Gasteiger partial charge on any atom is -0.357 e. The van der Waals surface area contributed by atoms with E-state index < -0.39 is 0 Å². The van der Waals surface area contributed by atoms with E-state index >= 15 is 0 Å². The van der Waals surface area contributed by atoms with E-state index in [-0.39, 0.29) is 30.9 Å². The van der Waals surface area contributed by atoms with Crippen LogP contribution in [0.3, 0.4) is 0 Å². The fraction of sp³-hybridized carbons (Fsp3) is 1.00. The van der Waals surface area contributed by atoms with E-state index in [9.17, 15) is 0 Å². The topological polar surface area (TPSA) is 36.9 Å². The maximum absolute atomic E-state index is 5.59. The lowest BCUT2D eigenvalue weighted by Crippen LogP contribution is -2.26. The third-order valence-electron chi connectivity index (χ3n) is 2.79. The van der Waals surface area contributed by atoms with Gasteiger partial charge in [0.1, 0.15) is 11.8 Å². The molecule has 0 fully saturated rings. The summed E-state index contributed by atoms with van der Waals surface area (Å²) < 4.78 is 22.4. The molecule has 0 radical (unpaired) electrons. The van der Waals surface area contributed by atoms with Crippen molar-refractivity contribution in [2.75, 3.05) is 26.4 Å². The number of ether oxygens (including phenoxy) is 4. The summed E-state index contributed by atoms with van der Waals surface area (Å²) in [6.45, 7) is 11.1. The van der Waals surface area contributed by atoms with E-state index in [1.807, 2.05) is 27.7 Å². The van der Waals surface area contributed by atoms with Crippen molar-refractivity contribution in [3.8, 4) is 0 Å². The summed E-state index contributed by atoms with van der Waals surface area (Å²) in [6, 6.07) is 2.59. The van der Waals surface area contributed by atoms with Crippen LogP contribution in [0, 0.1) is 0 Å². The van der Waals surface area contributed by atoms with E-state index in [4.69, 9.17) is 18.9 Å². The average Bonchev–Trinajstić information content (AvgIpc) is 2.39. The van der Waals surface area contributed by atoms with Crippen LogP contribution in [0.5, 0.6) is 0 Å². The van der Waals surface area contributed by atoms with E-state index in [2.05, 4.69) is 0 Å². The standard InChI is InChI=1S/C13H32O4Si2/c1-5-14-12(15-6-2)18-10-9-11-19-13(16-7-3)17-8-4/h12-13H,5-11,18-19H2,1-4H3. The van der Waals surface area contributed by atoms with Crippen LogP contribution in [0.1, 0.15) is 34.1 Å². The molecule has 0 aromatic rings. The molecule has 0 atom stereocenters. The molecule has 0 saturated heterocycles. The zero-order valence-corrected chi connectivity index (χ0v) is 16.0. The highest BCUT2D eigenvalue weighted by Gasteiger charge is 2.10. The van der Waals surface area contributed by atoms with Crippen molar-refractivity contribution in [1.82, 2.24) is 0 Å². The zero-order chi connectivity index (χ0) is 14.3. The third kappa shape index (κ3) is 11.8. The van der Waals surface area contributed by atoms with Crippen LogP contribution in [-0.2, 0) is 18.9 Å². The molecule has 0 aliphatic carbocycles. The van der Waals surface area contributed by atoms with Crippen LogP contribution in [0.2, 0.25) is 12.1 Å². The predicted octanol–water partition coefficient (Wildman–Crippen LogP) is 1.26. The largest absolute Gasteiger partial charge is 0.357 e. The molecule has 0 bridgehead atoms. The van der Waals surface area contributed by atoms with Gasteiger partial charge in [-0.3, -0.25) is 0 Å². The first-order valence-corrected chi connectivity index (χ1v) is 11.4. The van der Waals surface area contributed by atoms with Crippen LogP contribution in [0.25, 0.3) is 0 Å². The molecule has 0 rings (SSSR count). The summed E-state index contributed by atoms with van der Waals surface area (Å²) in [5, 5.41) is 0. The molecule has 0 aromatic carbocycles. The van der Waals surface area contributed by atoms with Crippen LogP contribution < -0.4 is 0 Å². The van der Waals surface area contributed by atoms with E-state index in [0.29, 0.717) is 0 Å². The van der Waals surface area contributed by atoms with Gasteiger partial charge >= 0.3 is 0 Å². The fourth-order valence-electron chi connectivity index (χ4n) is 1.97. The summed E-state index contributed by atoms with van der Waals surface area (Å²) in [5.41, 5.74) is 0. The Balaban J connectivity index is 3.59. The van der Waals surface area contributed by atoms with Crippen molar-refractivity contribution >= 4 is 19.0 Å². The van der Waals surface area contributed by atoms with Crippen molar-refractivity contribution in [1.29, 1.82) is 0 Å². The molecule has 0 aliphatic rings. The Morgan fingerprint density at radius 2 is 0.947 bits per heavy atom. The first-order chi connectivity index (χ1) is 9.28. The van der Waals surface area contributed by atoms with Gasteiger partial charge in [-0.2, -0.15) is 0 Å². The lowest BCUT2D eigenvalue weighted by Gasteiger charge is -2.17. The second-order valence-electron chi connectivity index (χ2n) is 4.32. The molecule has 0 heterocycles. The van der Waals surface area contributed by atoms with Crippen molar-refractivity contribution in [3.63, 3.8) is 0 Å². The zero-order valence-electron chi connectivity index (χ0n) is 13.2. The van der Waals surface area contributed by atoms with Crippen LogP contribution >= 0.6 is 0 Å². The van der Waals surface area contributed by atoms with E-state index in [1.54, 1.807) is 0 Å². The molecule has 4 nitrogen and oxygen atoms in total. The van der Waals surface area contributed by atoms with Gasteiger partial charge in [-0.15, -0.1) is 0 Å². The lowest BCUT2D eigenvalue weighted by atomic mass is 10.6. The first kappa shape index (κ1) is 19.3.